The van der Waals surface area contributed by atoms with E-state index >= 15 is 0 Å². The van der Waals surface area contributed by atoms with Crippen molar-refractivity contribution in [3.05, 3.63) is 5.82 Å². The lowest BCUT2D eigenvalue weighted by Crippen LogP contribution is -2.42. The number of nitrogen functional groups attached to an aromatic ring is 1. The van der Waals surface area contributed by atoms with Crippen molar-refractivity contribution in [1.29, 1.82) is 0 Å². The largest absolute Gasteiger partial charge is 0.379 e. The second-order valence-electron chi connectivity index (χ2n) is 4.90. The minimum atomic E-state index is -0.218. The number of hydrogen-bond donors (Lipinski definition) is 1. The molecule has 1 atom stereocenters. The highest BCUT2D eigenvalue weighted by Crippen LogP contribution is 2.25. The smallest absolute Gasteiger partial charge is 0.284 e. The van der Waals surface area contributed by atoms with Crippen LogP contribution in [0.15, 0.2) is 9.15 Å². The van der Waals surface area contributed by atoms with Crippen LogP contribution < -0.4 is 5.73 Å². The minimum absolute atomic E-state index is 0.119. The summed E-state index contributed by atoms with van der Waals surface area (Å²) in [5, 5.41) is 11.0. The van der Waals surface area contributed by atoms with E-state index in [1.807, 2.05) is 0 Å². The van der Waals surface area contributed by atoms with E-state index in [0.29, 0.717) is 18.5 Å². The molecule has 0 spiro atoms. The normalized spacial score (nSPS) is 20.6. The fraction of sp³-hybridized carbons (Fsp3) is 0.636. The summed E-state index contributed by atoms with van der Waals surface area (Å²) in [5.41, 5.74) is 5.84. The number of hydrogen-bond acceptors (Lipinski definition) is 9. The summed E-state index contributed by atoms with van der Waals surface area (Å²) in [7, 11) is 0. The topological polar surface area (TPSA) is 116 Å². The second kappa shape index (κ2) is 5.17. The van der Waals surface area contributed by atoms with Gasteiger partial charge < -0.3 is 15.0 Å². The van der Waals surface area contributed by atoms with E-state index < -0.39 is 0 Å². The zero-order valence-corrected chi connectivity index (χ0v) is 11.3. The van der Waals surface area contributed by atoms with Crippen molar-refractivity contribution in [3.8, 4) is 11.6 Å². The molecule has 1 aliphatic heterocycles. The van der Waals surface area contributed by atoms with Crippen molar-refractivity contribution in [3.63, 3.8) is 0 Å². The fourth-order valence-electron chi connectivity index (χ4n) is 2.10. The Morgan fingerprint density at radius 2 is 2.15 bits per heavy atom. The molecule has 2 N–H and O–H groups in total. The molecule has 0 radical (unpaired) electrons. The molecule has 108 valence electrons. The third-order valence-electron chi connectivity index (χ3n) is 3.27. The van der Waals surface area contributed by atoms with Crippen LogP contribution >= 0.6 is 0 Å². The van der Waals surface area contributed by atoms with Gasteiger partial charge in [-0.3, -0.25) is 4.90 Å². The van der Waals surface area contributed by atoms with E-state index in [1.165, 1.54) is 0 Å². The van der Waals surface area contributed by atoms with Crippen LogP contribution in [-0.4, -0.2) is 51.1 Å². The quantitative estimate of drug-likeness (QED) is 0.856. The van der Waals surface area contributed by atoms with Crippen LogP contribution in [0, 0.1) is 0 Å². The molecule has 20 heavy (non-hydrogen) atoms. The van der Waals surface area contributed by atoms with E-state index in [9.17, 15) is 0 Å². The monoisotopic (exact) mass is 280 g/mol. The molecule has 9 heteroatoms. The second-order valence-corrected chi connectivity index (χ2v) is 4.90. The maximum atomic E-state index is 5.69. The molecule has 0 bridgehead atoms. The van der Waals surface area contributed by atoms with Gasteiger partial charge in [-0.2, -0.15) is 4.98 Å². The predicted octanol–water partition coefficient (Wildman–Crippen LogP) is 0.483. The van der Waals surface area contributed by atoms with Gasteiger partial charge in [0.05, 0.1) is 6.61 Å². The number of ether oxygens (including phenoxy) is 1. The Kier molecular flexibility index (Phi) is 3.36. The van der Waals surface area contributed by atoms with Gasteiger partial charge in [0.25, 0.3) is 5.89 Å². The Hall–Kier alpha value is -2.00. The molecule has 0 aliphatic carbocycles. The molecule has 3 rings (SSSR count). The van der Waals surface area contributed by atoms with Crippen molar-refractivity contribution in [2.45, 2.75) is 26.0 Å². The zero-order chi connectivity index (χ0) is 14.1. The number of anilines is 1. The first-order valence-corrected chi connectivity index (χ1v) is 6.43. The lowest BCUT2D eigenvalue weighted by Gasteiger charge is -2.34. The van der Waals surface area contributed by atoms with Crippen LogP contribution in [0.5, 0.6) is 0 Å². The summed E-state index contributed by atoms with van der Waals surface area (Å²) in [6, 6.07) is 0.447. The van der Waals surface area contributed by atoms with Crippen LogP contribution in [0.25, 0.3) is 11.6 Å². The first-order valence-electron chi connectivity index (χ1n) is 6.43. The lowest BCUT2D eigenvalue weighted by molar-refractivity contribution is -0.0450. The van der Waals surface area contributed by atoms with Crippen molar-refractivity contribution < 1.29 is 13.9 Å². The predicted molar refractivity (Wildman–Crippen MR) is 67.4 cm³/mol. The standard InChI is InChI=1S/C11H16N6O3/c1-6(2)17-3-4-18-7(5-17)10-13-11(19-16-10)8-9(12)15-20-14-8/h6-7H,3-5H2,1-2H3,(H2,12,15). The fourth-order valence-corrected chi connectivity index (χ4v) is 2.10. The average Bonchev–Trinajstić information content (AvgIpc) is 3.07. The van der Waals surface area contributed by atoms with Crippen molar-refractivity contribution in [2.24, 2.45) is 0 Å². The van der Waals surface area contributed by atoms with E-state index in [-0.39, 0.29) is 23.5 Å². The molecule has 3 heterocycles. The number of nitrogens with zero attached hydrogens (tertiary/aromatic N) is 5. The molecule has 1 fully saturated rings. The molecule has 0 amide bonds. The van der Waals surface area contributed by atoms with Crippen LogP contribution in [0.4, 0.5) is 5.82 Å². The number of nitrogens with two attached hydrogens (primary N) is 1. The highest BCUT2D eigenvalue weighted by atomic mass is 16.6. The van der Waals surface area contributed by atoms with Crippen LogP contribution in [0.3, 0.4) is 0 Å². The lowest BCUT2D eigenvalue weighted by atomic mass is 10.2. The summed E-state index contributed by atoms with van der Waals surface area (Å²) in [4.78, 5) is 6.56. The van der Waals surface area contributed by atoms with Crippen LogP contribution in [0.1, 0.15) is 25.8 Å². The van der Waals surface area contributed by atoms with Gasteiger partial charge in [-0.15, -0.1) is 0 Å². The van der Waals surface area contributed by atoms with Crippen molar-refractivity contribution in [1.82, 2.24) is 25.4 Å². The first-order chi connectivity index (χ1) is 9.65. The maximum Gasteiger partial charge on any atom is 0.284 e. The SMILES string of the molecule is CC(C)N1CCOC(c2noc(-c3nonc3N)n2)C1. The van der Waals surface area contributed by atoms with Crippen molar-refractivity contribution in [2.75, 3.05) is 25.4 Å². The minimum Gasteiger partial charge on any atom is -0.379 e. The third kappa shape index (κ3) is 2.37. The first kappa shape index (κ1) is 13.0. The molecule has 1 saturated heterocycles. The van der Waals surface area contributed by atoms with Crippen LogP contribution in [0.2, 0.25) is 0 Å². The van der Waals surface area contributed by atoms with E-state index in [2.05, 4.69) is 43.8 Å². The Bertz CT molecular complexity index is 580. The summed E-state index contributed by atoms with van der Waals surface area (Å²) in [6.07, 6.45) is -0.218. The molecule has 2 aromatic heterocycles. The van der Waals surface area contributed by atoms with Crippen molar-refractivity contribution >= 4 is 5.82 Å². The molecule has 9 nitrogen and oxygen atoms in total. The summed E-state index contributed by atoms with van der Waals surface area (Å²) >= 11 is 0. The molecular formula is C11H16N6O3. The third-order valence-corrected chi connectivity index (χ3v) is 3.27. The van der Waals surface area contributed by atoms with Gasteiger partial charge in [0, 0.05) is 19.1 Å². The number of rotatable bonds is 3. The number of morpholine rings is 1. The van der Waals surface area contributed by atoms with Gasteiger partial charge in [-0.1, -0.05) is 5.16 Å². The summed E-state index contributed by atoms with van der Waals surface area (Å²) in [6.45, 7) is 6.56. The maximum absolute atomic E-state index is 5.69. The van der Waals surface area contributed by atoms with Crippen LogP contribution in [-0.2, 0) is 4.74 Å². The Morgan fingerprint density at radius 1 is 1.30 bits per heavy atom. The van der Waals surface area contributed by atoms with Gasteiger partial charge in [0.2, 0.25) is 17.3 Å². The highest BCUT2D eigenvalue weighted by Gasteiger charge is 2.28. The van der Waals surface area contributed by atoms with E-state index in [1.54, 1.807) is 0 Å². The number of aromatic nitrogens is 4. The molecule has 1 aliphatic rings. The average molecular weight is 280 g/mol. The molecule has 0 saturated carbocycles. The molecule has 0 aromatic carbocycles. The summed E-state index contributed by atoms with van der Waals surface area (Å²) in [5.74, 6) is 0.783. The molecular weight excluding hydrogens is 264 g/mol. The van der Waals surface area contributed by atoms with Gasteiger partial charge in [-0.05, 0) is 24.2 Å². The van der Waals surface area contributed by atoms with Gasteiger partial charge in [0.1, 0.15) is 6.10 Å². The Balaban J connectivity index is 1.78. The van der Waals surface area contributed by atoms with Gasteiger partial charge in [0.15, 0.2) is 0 Å². The van der Waals surface area contributed by atoms with E-state index in [0.717, 1.165) is 13.1 Å². The van der Waals surface area contributed by atoms with E-state index in [4.69, 9.17) is 15.0 Å². The molecule has 2 aromatic rings. The molecule has 1 unspecified atom stereocenters. The Labute approximate surface area is 115 Å². The zero-order valence-electron chi connectivity index (χ0n) is 11.3. The Morgan fingerprint density at radius 3 is 2.85 bits per heavy atom. The highest BCUT2D eigenvalue weighted by molar-refractivity contribution is 5.60. The van der Waals surface area contributed by atoms with Gasteiger partial charge >= 0.3 is 0 Å². The van der Waals surface area contributed by atoms with Gasteiger partial charge in [-0.25, -0.2) is 4.63 Å². The summed E-state index contributed by atoms with van der Waals surface area (Å²) < 4.78 is 15.3.